The standard InChI is InChI=1S/C10H10BrFN2O2/c11-8-2-7(12)3-13-10(8)14-4-6(5-15)1-9(14)16/h2-3,6,15H,1,4-5H2. The lowest BCUT2D eigenvalue weighted by Crippen LogP contribution is -2.26. The molecule has 1 aromatic heterocycles. The van der Waals surface area contributed by atoms with E-state index >= 15 is 0 Å². The molecule has 1 atom stereocenters. The molecule has 1 aliphatic heterocycles. The van der Waals surface area contributed by atoms with Gasteiger partial charge in [0.2, 0.25) is 5.91 Å². The van der Waals surface area contributed by atoms with E-state index in [9.17, 15) is 9.18 Å². The Bertz CT molecular complexity index is 427. The molecule has 6 heteroatoms. The lowest BCUT2D eigenvalue weighted by molar-refractivity contribution is -0.117. The Balaban J connectivity index is 2.28. The third-order valence-corrected chi connectivity index (χ3v) is 3.09. The highest BCUT2D eigenvalue weighted by Crippen LogP contribution is 2.29. The van der Waals surface area contributed by atoms with Gasteiger partial charge in [-0.3, -0.25) is 9.69 Å². The first-order valence-electron chi connectivity index (χ1n) is 4.84. The average molecular weight is 289 g/mol. The van der Waals surface area contributed by atoms with Crippen LogP contribution in [0.4, 0.5) is 10.2 Å². The zero-order valence-corrected chi connectivity index (χ0v) is 9.95. The third-order valence-electron chi connectivity index (χ3n) is 2.51. The molecule has 86 valence electrons. The van der Waals surface area contributed by atoms with E-state index in [4.69, 9.17) is 5.11 Å². The number of amides is 1. The van der Waals surface area contributed by atoms with Crippen molar-refractivity contribution in [1.82, 2.24) is 4.98 Å². The maximum Gasteiger partial charge on any atom is 0.228 e. The Kier molecular flexibility index (Phi) is 3.20. The number of hydrogen-bond acceptors (Lipinski definition) is 3. The average Bonchev–Trinajstić information content (AvgIpc) is 2.60. The Morgan fingerprint density at radius 3 is 3.00 bits per heavy atom. The van der Waals surface area contributed by atoms with Crippen LogP contribution in [0.3, 0.4) is 0 Å². The minimum absolute atomic E-state index is 0.0267. The molecule has 0 saturated carbocycles. The molecule has 1 saturated heterocycles. The van der Waals surface area contributed by atoms with E-state index < -0.39 is 5.82 Å². The summed E-state index contributed by atoms with van der Waals surface area (Å²) in [6.45, 7) is 0.396. The van der Waals surface area contributed by atoms with Gasteiger partial charge in [-0.1, -0.05) is 0 Å². The maximum atomic E-state index is 12.8. The Morgan fingerprint density at radius 2 is 2.44 bits per heavy atom. The zero-order chi connectivity index (χ0) is 11.7. The van der Waals surface area contributed by atoms with Crippen molar-refractivity contribution >= 4 is 27.7 Å². The first kappa shape index (κ1) is 11.5. The second-order valence-corrected chi connectivity index (χ2v) is 4.57. The van der Waals surface area contributed by atoms with Gasteiger partial charge in [0.25, 0.3) is 0 Å². The summed E-state index contributed by atoms with van der Waals surface area (Å²) in [4.78, 5) is 17.0. The second-order valence-electron chi connectivity index (χ2n) is 3.72. The summed E-state index contributed by atoms with van der Waals surface area (Å²) >= 11 is 3.17. The fourth-order valence-corrected chi connectivity index (χ4v) is 2.25. The summed E-state index contributed by atoms with van der Waals surface area (Å²) in [7, 11) is 0. The van der Waals surface area contributed by atoms with Crippen molar-refractivity contribution in [2.24, 2.45) is 5.92 Å². The van der Waals surface area contributed by atoms with Crippen molar-refractivity contribution in [1.29, 1.82) is 0 Å². The van der Waals surface area contributed by atoms with E-state index in [0.29, 0.717) is 23.3 Å². The van der Waals surface area contributed by atoms with Gasteiger partial charge in [0.05, 0.1) is 10.7 Å². The first-order chi connectivity index (χ1) is 7.61. The molecule has 0 aromatic carbocycles. The second kappa shape index (κ2) is 4.47. The number of carbonyl (C=O) groups is 1. The molecule has 16 heavy (non-hydrogen) atoms. The predicted octanol–water partition coefficient (Wildman–Crippen LogP) is 1.33. The molecule has 1 fully saturated rings. The minimum Gasteiger partial charge on any atom is -0.396 e. The Hall–Kier alpha value is -1.01. The van der Waals surface area contributed by atoms with Gasteiger partial charge in [0.15, 0.2) is 0 Å². The normalized spacial score (nSPS) is 20.6. The number of anilines is 1. The van der Waals surface area contributed by atoms with E-state index in [1.54, 1.807) is 0 Å². The predicted molar refractivity (Wildman–Crippen MR) is 59.4 cm³/mol. The van der Waals surface area contributed by atoms with Crippen LogP contribution in [0.25, 0.3) is 0 Å². The van der Waals surface area contributed by atoms with E-state index in [2.05, 4.69) is 20.9 Å². The number of halogens is 2. The van der Waals surface area contributed by atoms with Crippen LogP contribution in [0.15, 0.2) is 16.7 Å². The van der Waals surface area contributed by atoms with Crippen molar-refractivity contribution in [3.05, 3.63) is 22.6 Å². The highest BCUT2D eigenvalue weighted by atomic mass is 79.9. The summed E-state index contributed by atoms with van der Waals surface area (Å²) in [6, 6.07) is 1.27. The smallest absolute Gasteiger partial charge is 0.228 e. The van der Waals surface area contributed by atoms with Gasteiger partial charge in [-0.15, -0.1) is 0 Å². The molecule has 0 aliphatic carbocycles. The van der Waals surface area contributed by atoms with Crippen LogP contribution in [-0.4, -0.2) is 29.1 Å². The number of carbonyl (C=O) groups excluding carboxylic acids is 1. The molecule has 1 aromatic rings. The molecule has 0 radical (unpaired) electrons. The molecule has 4 nitrogen and oxygen atoms in total. The third kappa shape index (κ3) is 2.08. The molecule has 0 spiro atoms. The monoisotopic (exact) mass is 288 g/mol. The summed E-state index contributed by atoms with van der Waals surface area (Å²) < 4.78 is 13.3. The van der Waals surface area contributed by atoms with E-state index in [1.165, 1.54) is 11.0 Å². The molecule has 1 amide bonds. The van der Waals surface area contributed by atoms with Crippen molar-refractivity contribution in [2.45, 2.75) is 6.42 Å². The van der Waals surface area contributed by atoms with Gasteiger partial charge in [0.1, 0.15) is 11.6 Å². The summed E-state index contributed by atoms with van der Waals surface area (Å²) in [5.41, 5.74) is 0. The van der Waals surface area contributed by atoms with E-state index in [-0.39, 0.29) is 18.4 Å². The van der Waals surface area contributed by atoms with Gasteiger partial charge in [-0.05, 0) is 22.0 Å². The van der Waals surface area contributed by atoms with Crippen LogP contribution < -0.4 is 4.90 Å². The molecule has 2 heterocycles. The molecule has 0 bridgehead atoms. The van der Waals surface area contributed by atoms with Crippen LogP contribution in [0.1, 0.15) is 6.42 Å². The SMILES string of the molecule is O=C1CC(CO)CN1c1ncc(F)cc1Br. The maximum absolute atomic E-state index is 12.8. The van der Waals surface area contributed by atoms with Gasteiger partial charge in [-0.25, -0.2) is 9.37 Å². The van der Waals surface area contributed by atoms with Gasteiger partial charge in [-0.2, -0.15) is 0 Å². The minimum atomic E-state index is -0.457. The summed E-state index contributed by atoms with van der Waals surface area (Å²) in [6.07, 6.45) is 1.38. The van der Waals surface area contributed by atoms with Crippen LogP contribution in [0.5, 0.6) is 0 Å². The Morgan fingerprint density at radius 1 is 1.69 bits per heavy atom. The van der Waals surface area contributed by atoms with E-state index in [0.717, 1.165) is 6.20 Å². The zero-order valence-electron chi connectivity index (χ0n) is 8.36. The highest BCUT2D eigenvalue weighted by Gasteiger charge is 2.31. The van der Waals surface area contributed by atoms with Gasteiger partial charge < -0.3 is 5.11 Å². The fourth-order valence-electron chi connectivity index (χ4n) is 1.71. The van der Waals surface area contributed by atoms with Crippen LogP contribution in [0.2, 0.25) is 0 Å². The number of nitrogens with zero attached hydrogens (tertiary/aromatic N) is 2. The van der Waals surface area contributed by atoms with Gasteiger partial charge in [0, 0.05) is 25.5 Å². The lowest BCUT2D eigenvalue weighted by Gasteiger charge is -2.16. The number of aromatic nitrogens is 1. The number of rotatable bonds is 2. The number of aliphatic hydroxyl groups is 1. The van der Waals surface area contributed by atoms with Crippen molar-refractivity contribution < 1.29 is 14.3 Å². The number of pyridine rings is 1. The van der Waals surface area contributed by atoms with Crippen LogP contribution in [-0.2, 0) is 4.79 Å². The Labute approximate surface area is 100 Å². The van der Waals surface area contributed by atoms with Crippen LogP contribution in [0, 0.1) is 11.7 Å². The molecule has 1 unspecified atom stereocenters. The van der Waals surface area contributed by atoms with Crippen molar-refractivity contribution in [3.8, 4) is 0 Å². The molecule has 1 N–H and O–H groups in total. The molecular formula is C10H10BrFN2O2. The van der Waals surface area contributed by atoms with Crippen LogP contribution >= 0.6 is 15.9 Å². The van der Waals surface area contributed by atoms with Gasteiger partial charge >= 0.3 is 0 Å². The molecule has 1 aliphatic rings. The molecular weight excluding hydrogens is 279 g/mol. The summed E-state index contributed by atoms with van der Waals surface area (Å²) in [5, 5.41) is 8.99. The largest absolute Gasteiger partial charge is 0.396 e. The topological polar surface area (TPSA) is 53.4 Å². The van der Waals surface area contributed by atoms with Crippen molar-refractivity contribution in [3.63, 3.8) is 0 Å². The fraction of sp³-hybridized carbons (Fsp3) is 0.400. The highest BCUT2D eigenvalue weighted by molar-refractivity contribution is 9.10. The van der Waals surface area contributed by atoms with E-state index in [1.807, 2.05) is 0 Å². The van der Waals surface area contributed by atoms with Crippen molar-refractivity contribution in [2.75, 3.05) is 18.1 Å². The number of aliphatic hydroxyl groups excluding tert-OH is 1. The quantitative estimate of drug-likeness (QED) is 0.893. The molecule has 2 rings (SSSR count). The summed E-state index contributed by atoms with van der Waals surface area (Å²) in [5.74, 6) is -0.214. The lowest BCUT2D eigenvalue weighted by atomic mass is 10.1. The first-order valence-corrected chi connectivity index (χ1v) is 5.63. The number of hydrogen-bond donors (Lipinski definition) is 1.